The van der Waals surface area contributed by atoms with Gasteiger partial charge in [-0.1, -0.05) is 0 Å². The molecule has 0 heterocycles. The summed E-state index contributed by atoms with van der Waals surface area (Å²) in [6.07, 6.45) is 0. The van der Waals surface area contributed by atoms with E-state index in [0.29, 0.717) is 0 Å². The van der Waals surface area contributed by atoms with Gasteiger partial charge in [-0.25, -0.2) is 0 Å². The molecule has 0 spiro atoms. The summed E-state index contributed by atoms with van der Waals surface area (Å²) in [5.41, 5.74) is 0. The molecule has 18 valence electrons. The second-order valence-corrected chi connectivity index (χ2v) is 0.461. The molecule has 0 aromatic rings. The van der Waals surface area contributed by atoms with E-state index in [9.17, 15) is 0 Å². The second kappa shape index (κ2) is 9.04. The summed E-state index contributed by atoms with van der Waals surface area (Å²) in [7, 11) is 0. The summed E-state index contributed by atoms with van der Waals surface area (Å²) in [5, 5.41) is 7.32. The predicted molar refractivity (Wildman–Crippen MR) is 5.61 cm³/mol. The Morgan fingerprint density at radius 2 is 1.75 bits per heavy atom. The van der Waals surface area contributed by atoms with Crippen molar-refractivity contribution in [1.82, 2.24) is 0 Å². The van der Waals surface area contributed by atoms with E-state index in [0.717, 1.165) is 0 Å². The van der Waals surface area contributed by atoms with E-state index < -0.39 is 0 Å². The molecule has 0 N–H and O–H groups in total. The van der Waals surface area contributed by atoms with Gasteiger partial charge in [0.15, 0.2) is 0 Å². The van der Waals surface area contributed by atoms with Gasteiger partial charge in [0.05, 0.1) is 0 Å². The first-order valence-electron chi connectivity index (χ1n) is 0.474. The first kappa shape index (κ1) is 8.87. The molecule has 3 heteroatoms. The van der Waals surface area contributed by atoms with Crippen LogP contribution >= 0.6 is 0 Å². The molecule has 0 saturated carbocycles. The molecule has 0 bridgehead atoms. The number of nitriles is 1. The van der Waals surface area contributed by atoms with Gasteiger partial charge in [0.2, 0.25) is 0 Å². The smallest absolute Gasteiger partial charge is 0 e. The van der Waals surface area contributed by atoms with Gasteiger partial charge in [-0.3, -0.25) is 0 Å². The van der Waals surface area contributed by atoms with Crippen molar-refractivity contribution in [2.24, 2.45) is 0 Å². The van der Waals surface area contributed by atoms with Crippen LogP contribution in [0.5, 0.6) is 0 Å². The van der Waals surface area contributed by atoms with Crippen molar-refractivity contribution in [2.45, 2.75) is 0 Å². The summed E-state index contributed by atoms with van der Waals surface area (Å²) < 4.78 is 1.75. The van der Waals surface area contributed by atoms with Crippen molar-refractivity contribution >= 4 is 0 Å². The van der Waals surface area contributed by atoms with E-state index in [1.165, 1.54) is 20.4 Å². The van der Waals surface area contributed by atoms with Gasteiger partial charge in [0.1, 0.15) is 0 Å². The molecular formula is CNTaTi. The molecule has 0 aliphatic rings. The molecule has 0 aliphatic heterocycles. The zero-order valence-corrected chi connectivity index (χ0v) is 6.67. The van der Waals surface area contributed by atoms with Crippen LogP contribution in [0.1, 0.15) is 0 Å². The number of hydrogen-bond acceptors (Lipinski definition) is 1. The molecule has 0 atom stereocenters. The van der Waals surface area contributed by atoms with Gasteiger partial charge in [-0.15, -0.1) is 0 Å². The molecule has 0 unspecified atom stereocenters. The van der Waals surface area contributed by atoms with Crippen LogP contribution < -0.4 is 0 Å². The van der Waals surface area contributed by atoms with E-state index in [4.69, 9.17) is 5.26 Å². The number of hydrogen-bond donors (Lipinski definition) is 0. The maximum atomic E-state index is 7.32. The van der Waals surface area contributed by atoms with Gasteiger partial charge in [-0.05, 0) is 0 Å². The van der Waals surface area contributed by atoms with Crippen molar-refractivity contribution in [2.75, 3.05) is 0 Å². The van der Waals surface area contributed by atoms with Gasteiger partial charge < -0.3 is 0 Å². The van der Waals surface area contributed by atoms with Gasteiger partial charge >= 0.3 is 30.1 Å². The molecule has 0 fully saturated rings. The fourth-order valence-electron chi connectivity index (χ4n) is 0. The molecule has 1 nitrogen and oxygen atoms in total. The monoisotopic (exact) mass is 255 g/mol. The quantitative estimate of drug-likeness (QED) is 0.559. The molecule has 0 saturated heterocycles. The van der Waals surface area contributed by atoms with E-state index in [-0.39, 0.29) is 22.4 Å². The zero-order valence-electron chi connectivity index (χ0n) is 1.89. The maximum Gasteiger partial charge on any atom is 0 e. The zero-order chi connectivity index (χ0) is 2.71. The minimum Gasteiger partial charge on any atom is 0 e. The third kappa shape index (κ3) is 12.5. The summed E-state index contributed by atoms with van der Waals surface area (Å²) in [6, 6.07) is 0. The van der Waals surface area contributed by atoms with Gasteiger partial charge in [0, 0.05) is 22.4 Å². The van der Waals surface area contributed by atoms with Gasteiger partial charge in [-0.2, -0.15) is 0 Å². The van der Waals surface area contributed by atoms with Crippen LogP contribution in [0.3, 0.4) is 0 Å². The van der Waals surface area contributed by atoms with Crippen molar-refractivity contribution < 1.29 is 42.8 Å². The molecule has 4 heavy (non-hydrogen) atoms. The SMILES string of the molecule is N#[C][Ti].[Ta]. The Labute approximate surface area is 52.3 Å². The predicted octanol–water partition coefficient (Wildman–Crippen LogP) is 0.0118. The van der Waals surface area contributed by atoms with Crippen LogP contribution in [0, 0.1) is 9.64 Å². The molecule has 0 rings (SSSR count). The second-order valence-electron chi connectivity index (χ2n) is 0.112. The van der Waals surface area contributed by atoms with Crippen LogP contribution in [-0.2, 0) is 42.8 Å². The van der Waals surface area contributed by atoms with Crippen LogP contribution in [0.4, 0.5) is 0 Å². The molecular weight excluding hydrogens is 255 g/mol. The van der Waals surface area contributed by atoms with Crippen molar-refractivity contribution in [3.05, 3.63) is 0 Å². The van der Waals surface area contributed by atoms with Crippen LogP contribution in [0.15, 0.2) is 0 Å². The van der Waals surface area contributed by atoms with Crippen LogP contribution in [0.2, 0.25) is 0 Å². The molecule has 0 amide bonds. The van der Waals surface area contributed by atoms with Crippen LogP contribution in [-0.4, -0.2) is 0 Å². The minimum atomic E-state index is 0. The van der Waals surface area contributed by atoms with Crippen molar-refractivity contribution in [1.29, 1.82) is 5.26 Å². The Bertz CT molecular complexity index is 29.5. The minimum absolute atomic E-state index is 0. The largest absolute Gasteiger partial charge is 0 e. The van der Waals surface area contributed by atoms with Crippen LogP contribution in [0.25, 0.3) is 0 Å². The average Bonchev–Trinajstić information content (AvgIpc) is 0.918. The molecule has 0 aromatic carbocycles. The Hall–Kier alpha value is 0.945. The topological polar surface area (TPSA) is 23.8 Å². The fourth-order valence-corrected chi connectivity index (χ4v) is 0. The Morgan fingerprint density at radius 1 is 1.75 bits per heavy atom. The standard InChI is InChI=1S/CN.Ta.Ti/c1-2;;. The molecule has 0 aromatic heterocycles. The number of nitrogens with zero attached hydrogens (tertiary/aromatic N) is 1. The summed E-state index contributed by atoms with van der Waals surface area (Å²) >= 11 is 1.43. The van der Waals surface area contributed by atoms with E-state index in [1.807, 2.05) is 0 Å². The third-order valence-electron chi connectivity index (χ3n) is 0. The van der Waals surface area contributed by atoms with E-state index in [1.54, 1.807) is 4.37 Å². The van der Waals surface area contributed by atoms with Crippen molar-refractivity contribution in [3.63, 3.8) is 0 Å². The molecule has 1 radical (unpaired) electrons. The van der Waals surface area contributed by atoms with E-state index >= 15 is 0 Å². The summed E-state index contributed by atoms with van der Waals surface area (Å²) in [5.74, 6) is 0. The fraction of sp³-hybridized carbons (Fsp3) is 0. The third-order valence-corrected chi connectivity index (χ3v) is 0. The van der Waals surface area contributed by atoms with Crippen molar-refractivity contribution in [3.8, 4) is 4.37 Å². The Morgan fingerprint density at radius 3 is 1.75 bits per heavy atom. The maximum absolute atomic E-state index is 7.32. The average molecular weight is 255 g/mol. The Kier molecular flexibility index (Phi) is 20.1. The summed E-state index contributed by atoms with van der Waals surface area (Å²) in [4.78, 5) is 0. The molecule has 0 aliphatic carbocycles. The first-order valence-corrected chi connectivity index (χ1v) is 1.25. The summed E-state index contributed by atoms with van der Waals surface area (Å²) in [6.45, 7) is 0. The first-order chi connectivity index (χ1) is 1.41. The van der Waals surface area contributed by atoms with E-state index in [2.05, 4.69) is 0 Å². The van der Waals surface area contributed by atoms with Gasteiger partial charge in [0.25, 0.3) is 0 Å². The Balaban J connectivity index is 0. The number of rotatable bonds is 0. The normalized spacial score (nSPS) is 1.50.